The molecule has 2 atom stereocenters. The number of rotatable bonds is 5. The van der Waals surface area contributed by atoms with Crippen molar-refractivity contribution in [2.24, 2.45) is 0 Å². The summed E-state index contributed by atoms with van der Waals surface area (Å²) in [6.07, 6.45) is 5.59. The van der Waals surface area contributed by atoms with Crippen LogP contribution in [-0.2, 0) is 17.6 Å². The van der Waals surface area contributed by atoms with Crippen LogP contribution in [0.5, 0.6) is 17.2 Å². The molecule has 182 valence electrons. The van der Waals surface area contributed by atoms with Gasteiger partial charge < -0.3 is 19.8 Å². The lowest BCUT2D eigenvalue weighted by molar-refractivity contribution is -0.116. The maximum Gasteiger partial charge on any atom is 0.225 e. The van der Waals surface area contributed by atoms with Gasteiger partial charge in [0.1, 0.15) is 35.1 Å². The van der Waals surface area contributed by atoms with Crippen molar-refractivity contribution in [3.05, 3.63) is 77.6 Å². The number of pyridine rings is 2. The summed E-state index contributed by atoms with van der Waals surface area (Å²) in [5, 5.41) is 2.80. The number of hydrogen-bond donors (Lipinski definition) is 2. The second-order valence-corrected chi connectivity index (χ2v) is 9.04. The highest BCUT2D eigenvalue weighted by Crippen LogP contribution is 2.37. The van der Waals surface area contributed by atoms with Crippen LogP contribution in [-0.4, -0.2) is 32.4 Å². The lowest BCUT2D eigenvalue weighted by Gasteiger charge is -2.25. The lowest BCUT2D eigenvalue weighted by Crippen LogP contribution is -2.20. The third kappa shape index (κ3) is 4.28. The van der Waals surface area contributed by atoms with E-state index < -0.39 is 6.17 Å². The molecule has 0 radical (unpaired) electrons. The van der Waals surface area contributed by atoms with Gasteiger partial charge in [-0.25, -0.2) is 14.4 Å². The van der Waals surface area contributed by atoms with Crippen molar-refractivity contribution in [2.45, 2.75) is 38.3 Å². The van der Waals surface area contributed by atoms with Gasteiger partial charge in [-0.05, 0) is 61.7 Å². The molecule has 5 heterocycles. The number of nitrogens with one attached hydrogen (secondary N) is 2. The molecular weight excluding hydrogens is 461 g/mol. The molecule has 0 aliphatic carbocycles. The predicted octanol–water partition coefficient (Wildman–Crippen LogP) is 5.29. The Morgan fingerprint density at radius 3 is 2.89 bits per heavy atom. The number of ether oxygens (including phenoxy) is 2. The highest BCUT2D eigenvalue weighted by Gasteiger charge is 2.25. The molecule has 2 unspecified atom stereocenters. The summed E-state index contributed by atoms with van der Waals surface area (Å²) in [6.45, 7) is 1.97. The van der Waals surface area contributed by atoms with Crippen molar-refractivity contribution in [3.63, 3.8) is 0 Å². The second kappa shape index (κ2) is 9.07. The molecule has 2 N–H and O–H groups in total. The molecule has 1 aromatic carbocycles. The Labute approximate surface area is 206 Å². The monoisotopic (exact) mass is 485 g/mol. The minimum absolute atomic E-state index is 0.0341. The molecule has 8 nitrogen and oxygen atoms in total. The Morgan fingerprint density at radius 1 is 1.11 bits per heavy atom. The van der Waals surface area contributed by atoms with Crippen molar-refractivity contribution in [3.8, 4) is 28.5 Å². The van der Waals surface area contributed by atoms with Gasteiger partial charge in [0.05, 0.1) is 30.1 Å². The molecular formula is C27H24FN5O3. The van der Waals surface area contributed by atoms with Gasteiger partial charge in [0.25, 0.3) is 0 Å². The molecule has 2 aliphatic rings. The van der Waals surface area contributed by atoms with Gasteiger partial charge >= 0.3 is 0 Å². The third-order valence-electron chi connectivity index (χ3n) is 6.52. The van der Waals surface area contributed by atoms with E-state index in [4.69, 9.17) is 9.47 Å². The minimum atomic E-state index is -1.14. The van der Waals surface area contributed by atoms with E-state index in [9.17, 15) is 9.18 Å². The quantitative estimate of drug-likeness (QED) is 0.398. The standard InChI is InChI=1S/C27H24FN5O3/c1-15(28)21-12-16(6-8-29-21)22-13-31-26(32-22)18-10-17-11-19(2-4-23(17)35-14-18)36-24-7-9-30-27-20(24)3-5-25(34)33-27/h2,4,6-9,11-13,15,18H,3,5,10,14H2,1H3,(H,31,32)(H,30,33,34). The van der Waals surface area contributed by atoms with Crippen LogP contribution in [0.4, 0.5) is 10.2 Å². The molecule has 0 saturated carbocycles. The molecule has 0 bridgehead atoms. The minimum Gasteiger partial charge on any atom is -0.493 e. The number of benzene rings is 1. The molecule has 36 heavy (non-hydrogen) atoms. The van der Waals surface area contributed by atoms with Crippen LogP contribution in [0.3, 0.4) is 0 Å². The average molecular weight is 486 g/mol. The first-order valence-electron chi connectivity index (χ1n) is 11.9. The molecule has 0 spiro atoms. The zero-order valence-corrected chi connectivity index (χ0v) is 19.6. The second-order valence-electron chi connectivity index (χ2n) is 9.04. The number of carbonyl (C=O) groups is 1. The van der Waals surface area contributed by atoms with Crippen LogP contribution in [0, 0.1) is 0 Å². The highest BCUT2D eigenvalue weighted by molar-refractivity contribution is 5.93. The van der Waals surface area contributed by atoms with Crippen molar-refractivity contribution in [1.29, 1.82) is 0 Å². The molecule has 0 saturated heterocycles. The number of fused-ring (bicyclic) bond motifs is 2. The topological polar surface area (TPSA) is 102 Å². The van der Waals surface area contributed by atoms with Gasteiger partial charge in [0, 0.05) is 29.9 Å². The molecule has 6 rings (SSSR count). The number of halogens is 1. The van der Waals surface area contributed by atoms with E-state index in [-0.39, 0.29) is 11.8 Å². The fraction of sp³-hybridized carbons (Fsp3) is 0.259. The Bertz CT molecular complexity index is 1450. The van der Waals surface area contributed by atoms with Crippen LogP contribution >= 0.6 is 0 Å². The van der Waals surface area contributed by atoms with Crippen LogP contribution < -0.4 is 14.8 Å². The average Bonchev–Trinajstić information content (AvgIpc) is 3.39. The van der Waals surface area contributed by atoms with Gasteiger partial charge in [-0.2, -0.15) is 0 Å². The molecule has 2 aliphatic heterocycles. The Hall–Kier alpha value is -4.27. The van der Waals surface area contributed by atoms with Crippen molar-refractivity contribution in [1.82, 2.24) is 19.9 Å². The summed E-state index contributed by atoms with van der Waals surface area (Å²) in [4.78, 5) is 28.0. The number of imidazole rings is 1. The molecule has 1 amide bonds. The number of aromatic amines is 1. The third-order valence-corrected chi connectivity index (χ3v) is 6.52. The Kier molecular flexibility index (Phi) is 5.59. The first kappa shape index (κ1) is 22.2. The number of hydrogen-bond acceptors (Lipinski definition) is 6. The normalized spacial score (nSPS) is 17.4. The lowest BCUT2D eigenvalue weighted by atomic mass is 9.96. The van der Waals surface area contributed by atoms with E-state index in [2.05, 4.69) is 25.3 Å². The maximum absolute atomic E-state index is 13.7. The summed E-state index contributed by atoms with van der Waals surface area (Å²) in [6, 6.07) is 11.2. The molecule has 0 fully saturated rings. The van der Waals surface area contributed by atoms with Gasteiger partial charge in [0.15, 0.2) is 0 Å². The number of amides is 1. The van der Waals surface area contributed by atoms with Gasteiger partial charge in [-0.15, -0.1) is 0 Å². The fourth-order valence-electron chi connectivity index (χ4n) is 4.61. The number of alkyl halides is 1. The molecule has 4 aromatic rings. The number of nitrogens with zero attached hydrogens (tertiary/aromatic N) is 3. The van der Waals surface area contributed by atoms with E-state index in [1.165, 1.54) is 6.92 Å². The number of anilines is 1. The van der Waals surface area contributed by atoms with E-state index in [1.54, 1.807) is 24.7 Å². The van der Waals surface area contributed by atoms with Crippen molar-refractivity contribution < 1.29 is 18.7 Å². The number of carbonyl (C=O) groups excluding carboxylic acids is 1. The van der Waals surface area contributed by atoms with Crippen LogP contribution in [0.1, 0.15) is 48.1 Å². The smallest absolute Gasteiger partial charge is 0.225 e. The van der Waals surface area contributed by atoms with Crippen LogP contribution in [0.15, 0.2) is 55.0 Å². The van der Waals surface area contributed by atoms with Crippen molar-refractivity contribution in [2.75, 3.05) is 11.9 Å². The summed E-state index contributed by atoms with van der Waals surface area (Å²) in [5.74, 6) is 3.56. The largest absolute Gasteiger partial charge is 0.493 e. The number of H-pyrrole nitrogens is 1. The van der Waals surface area contributed by atoms with E-state index in [1.807, 2.05) is 30.3 Å². The Morgan fingerprint density at radius 2 is 2.00 bits per heavy atom. The van der Waals surface area contributed by atoms with Crippen LogP contribution in [0.2, 0.25) is 0 Å². The fourth-order valence-corrected chi connectivity index (χ4v) is 4.61. The Balaban J connectivity index is 1.21. The van der Waals surface area contributed by atoms with Gasteiger partial charge in [-0.3, -0.25) is 9.78 Å². The van der Waals surface area contributed by atoms with E-state index >= 15 is 0 Å². The summed E-state index contributed by atoms with van der Waals surface area (Å²) >= 11 is 0. The summed E-state index contributed by atoms with van der Waals surface area (Å²) in [5.41, 5.74) is 3.97. The van der Waals surface area contributed by atoms with E-state index in [0.29, 0.717) is 42.5 Å². The van der Waals surface area contributed by atoms with Gasteiger partial charge in [0.2, 0.25) is 5.91 Å². The zero-order chi connectivity index (χ0) is 24.6. The van der Waals surface area contributed by atoms with Gasteiger partial charge in [-0.1, -0.05) is 0 Å². The maximum atomic E-state index is 13.7. The highest BCUT2D eigenvalue weighted by atomic mass is 19.1. The SMILES string of the molecule is CC(F)c1cc(-c2cnc(C3COc4ccc(Oc5ccnc6c5CCC(=O)N6)cc4C3)[nH]2)ccn1. The van der Waals surface area contributed by atoms with Crippen LogP contribution in [0.25, 0.3) is 11.3 Å². The molecule has 9 heteroatoms. The summed E-state index contributed by atoms with van der Waals surface area (Å²) in [7, 11) is 0. The van der Waals surface area contributed by atoms with E-state index in [0.717, 1.165) is 40.4 Å². The first-order chi connectivity index (χ1) is 17.5. The number of aromatic nitrogens is 4. The van der Waals surface area contributed by atoms with Crippen molar-refractivity contribution >= 4 is 11.7 Å². The first-order valence-corrected chi connectivity index (χ1v) is 11.9. The predicted molar refractivity (Wildman–Crippen MR) is 131 cm³/mol. The molecule has 3 aromatic heterocycles. The zero-order valence-electron chi connectivity index (χ0n) is 19.6. The summed E-state index contributed by atoms with van der Waals surface area (Å²) < 4.78 is 25.9.